The Kier molecular flexibility index (Phi) is 2.32. The fourth-order valence-corrected chi connectivity index (χ4v) is 1.22. The van der Waals surface area contributed by atoms with Crippen LogP contribution in [0.2, 0.25) is 0 Å². The molecule has 0 fully saturated rings. The van der Waals surface area contributed by atoms with Crippen LogP contribution in [0.5, 0.6) is 0 Å². The van der Waals surface area contributed by atoms with Gasteiger partial charge < -0.3 is 4.74 Å². The van der Waals surface area contributed by atoms with Crippen molar-refractivity contribution in [2.24, 2.45) is 11.8 Å². The summed E-state index contributed by atoms with van der Waals surface area (Å²) in [5.74, 6) is 1.05. The van der Waals surface area contributed by atoms with Crippen LogP contribution in [0.4, 0.5) is 0 Å². The van der Waals surface area contributed by atoms with Gasteiger partial charge in [0.15, 0.2) is 0 Å². The van der Waals surface area contributed by atoms with Gasteiger partial charge in [-0.2, -0.15) is 0 Å². The third kappa shape index (κ3) is 1.82. The second kappa shape index (κ2) is 3.07. The molecule has 0 radical (unpaired) electrons. The van der Waals surface area contributed by atoms with E-state index in [0.717, 1.165) is 0 Å². The molecule has 0 saturated carbocycles. The van der Waals surface area contributed by atoms with Crippen LogP contribution in [0.25, 0.3) is 0 Å². The molecular weight excluding hydrogens is 140 g/mol. The number of hydrogen-bond donors (Lipinski definition) is 0. The lowest BCUT2D eigenvalue weighted by Gasteiger charge is -2.30. The Morgan fingerprint density at radius 1 is 1.64 bits per heavy atom. The first-order valence-corrected chi connectivity index (χ1v) is 3.95. The Morgan fingerprint density at radius 3 is 2.64 bits per heavy atom. The summed E-state index contributed by atoms with van der Waals surface area (Å²) in [4.78, 5) is 10.4. The van der Waals surface area contributed by atoms with Crippen molar-refractivity contribution in [3.63, 3.8) is 0 Å². The Hall–Kier alpha value is -0.790. The molecule has 11 heavy (non-hydrogen) atoms. The molecule has 2 nitrogen and oxygen atoms in total. The van der Waals surface area contributed by atoms with Crippen molar-refractivity contribution in [1.29, 1.82) is 0 Å². The molecule has 62 valence electrons. The molecule has 1 rings (SSSR count). The molecule has 1 aliphatic carbocycles. The first kappa shape index (κ1) is 8.31. The molecule has 2 heteroatoms. The van der Waals surface area contributed by atoms with E-state index in [1.54, 1.807) is 0 Å². The third-order valence-corrected chi connectivity index (χ3v) is 2.29. The zero-order valence-corrected chi connectivity index (χ0v) is 7.26. The maximum absolute atomic E-state index is 10.4. The van der Waals surface area contributed by atoms with Crippen LogP contribution in [-0.4, -0.2) is 12.6 Å². The summed E-state index contributed by atoms with van der Waals surface area (Å²) in [6, 6.07) is 0. The van der Waals surface area contributed by atoms with E-state index in [4.69, 9.17) is 4.74 Å². The van der Waals surface area contributed by atoms with Crippen LogP contribution >= 0.6 is 0 Å². The molecule has 0 N–H and O–H groups in total. The average molecular weight is 154 g/mol. The molecule has 2 atom stereocenters. The molecule has 0 aromatic rings. The lowest BCUT2D eigenvalue weighted by Crippen LogP contribution is -2.23. The summed E-state index contributed by atoms with van der Waals surface area (Å²) in [6.45, 7) is 6.25. The lowest BCUT2D eigenvalue weighted by molar-refractivity contribution is -0.140. The van der Waals surface area contributed by atoms with E-state index in [2.05, 4.69) is 19.9 Å². The van der Waals surface area contributed by atoms with Gasteiger partial charge in [-0.1, -0.05) is 19.9 Å². The van der Waals surface area contributed by atoms with Gasteiger partial charge in [0.2, 0.25) is 0 Å². The van der Waals surface area contributed by atoms with Crippen molar-refractivity contribution in [2.45, 2.75) is 20.8 Å². The number of hydrogen-bond acceptors (Lipinski definition) is 2. The van der Waals surface area contributed by atoms with Crippen molar-refractivity contribution >= 4 is 5.97 Å². The minimum absolute atomic E-state index is 0.197. The summed E-state index contributed by atoms with van der Waals surface area (Å²) < 4.78 is 4.86. The summed E-state index contributed by atoms with van der Waals surface area (Å²) in [5, 5.41) is 0. The number of carbonyl (C=O) groups excluding carboxylic acids is 1. The third-order valence-electron chi connectivity index (χ3n) is 2.29. The Bertz CT molecular complexity index is 194. The maximum Gasteiger partial charge on any atom is 0.302 e. The van der Waals surface area contributed by atoms with Crippen molar-refractivity contribution < 1.29 is 9.53 Å². The molecule has 0 aromatic heterocycles. The first-order chi connectivity index (χ1) is 5.11. The predicted octanol–water partition coefficient (Wildman–Crippen LogP) is 1.76. The number of carbonyl (C=O) groups is 1. The SMILES string of the molecule is CC(=O)OCC1=CC(C)C1C. The largest absolute Gasteiger partial charge is 0.461 e. The van der Waals surface area contributed by atoms with Crippen LogP contribution < -0.4 is 0 Å². The van der Waals surface area contributed by atoms with E-state index in [0.29, 0.717) is 18.4 Å². The maximum atomic E-state index is 10.4. The van der Waals surface area contributed by atoms with E-state index in [9.17, 15) is 4.79 Å². The fraction of sp³-hybridized carbons (Fsp3) is 0.667. The summed E-state index contributed by atoms with van der Waals surface area (Å²) in [5.41, 5.74) is 1.26. The highest BCUT2D eigenvalue weighted by Gasteiger charge is 2.24. The molecule has 0 amide bonds. The Morgan fingerprint density at radius 2 is 2.27 bits per heavy atom. The minimum atomic E-state index is -0.197. The number of rotatable bonds is 2. The van der Waals surface area contributed by atoms with Gasteiger partial charge in [-0.3, -0.25) is 4.79 Å². The van der Waals surface area contributed by atoms with Gasteiger partial charge in [-0.25, -0.2) is 0 Å². The van der Waals surface area contributed by atoms with Crippen molar-refractivity contribution in [3.05, 3.63) is 11.6 Å². The molecular formula is C9H14O2. The summed E-state index contributed by atoms with van der Waals surface area (Å²) in [6.07, 6.45) is 2.16. The van der Waals surface area contributed by atoms with Crippen LogP contribution in [0.15, 0.2) is 11.6 Å². The Labute approximate surface area is 67.2 Å². The second-order valence-electron chi connectivity index (χ2n) is 3.17. The van der Waals surface area contributed by atoms with Crippen LogP contribution in [0.1, 0.15) is 20.8 Å². The van der Waals surface area contributed by atoms with E-state index >= 15 is 0 Å². The normalized spacial score (nSPS) is 28.8. The monoisotopic (exact) mass is 154 g/mol. The zero-order chi connectivity index (χ0) is 8.43. The van der Waals surface area contributed by atoms with Gasteiger partial charge >= 0.3 is 5.97 Å². The molecule has 1 aliphatic rings. The van der Waals surface area contributed by atoms with Gasteiger partial charge in [0.25, 0.3) is 0 Å². The van der Waals surface area contributed by atoms with E-state index in [-0.39, 0.29) is 5.97 Å². The first-order valence-electron chi connectivity index (χ1n) is 3.95. The second-order valence-corrected chi connectivity index (χ2v) is 3.17. The van der Waals surface area contributed by atoms with Gasteiger partial charge in [0.05, 0.1) is 0 Å². The van der Waals surface area contributed by atoms with Crippen LogP contribution in [0, 0.1) is 11.8 Å². The predicted molar refractivity (Wildman–Crippen MR) is 43.0 cm³/mol. The topological polar surface area (TPSA) is 26.3 Å². The van der Waals surface area contributed by atoms with Gasteiger partial charge in [0, 0.05) is 6.92 Å². The van der Waals surface area contributed by atoms with E-state index in [1.807, 2.05) is 0 Å². The quantitative estimate of drug-likeness (QED) is 0.447. The van der Waals surface area contributed by atoms with Crippen molar-refractivity contribution in [2.75, 3.05) is 6.61 Å². The number of ether oxygens (including phenoxy) is 1. The highest BCUT2D eigenvalue weighted by molar-refractivity contribution is 5.66. The minimum Gasteiger partial charge on any atom is -0.461 e. The molecule has 2 unspecified atom stereocenters. The standard InChI is InChI=1S/C9H14O2/c1-6-4-9(7(6)2)5-11-8(3)10/h4,6-7H,5H2,1-3H3. The summed E-state index contributed by atoms with van der Waals surface area (Å²) in [7, 11) is 0. The molecule has 0 spiro atoms. The van der Waals surface area contributed by atoms with Crippen molar-refractivity contribution in [3.8, 4) is 0 Å². The molecule has 0 aliphatic heterocycles. The van der Waals surface area contributed by atoms with Crippen LogP contribution in [0.3, 0.4) is 0 Å². The van der Waals surface area contributed by atoms with Crippen LogP contribution in [-0.2, 0) is 9.53 Å². The molecule has 0 aromatic carbocycles. The number of allylic oxidation sites excluding steroid dienone is 1. The highest BCUT2D eigenvalue weighted by Crippen LogP contribution is 2.32. The lowest BCUT2D eigenvalue weighted by atomic mass is 9.77. The van der Waals surface area contributed by atoms with Gasteiger partial charge in [0.1, 0.15) is 6.61 Å². The molecule has 0 saturated heterocycles. The molecule has 0 heterocycles. The molecule has 0 bridgehead atoms. The smallest absolute Gasteiger partial charge is 0.302 e. The van der Waals surface area contributed by atoms with Gasteiger partial charge in [-0.15, -0.1) is 0 Å². The fourth-order valence-electron chi connectivity index (χ4n) is 1.22. The van der Waals surface area contributed by atoms with Crippen molar-refractivity contribution in [1.82, 2.24) is 0 Å². The Balaban J connectivity index is 2.30. The van der Waals surface area contributed by atoms with E-state index < -0.39 is 0 Å². The zero-order valence-electron chi connectivity index (χ0n) is 7.26. The summed E-state index contributed by atoms with van der Waals surface area (Å²) >= 11 is 0. The highest BCUT2D eigenvalue weighted by atomic mass is 16.5. The number of esters is 1. The van der Waals surface area contributed by atoms with Gasteiger partial charge in [-0.05, 0) is 17.4 Å². The van der Waals surface area contributed by atoms with E-state index in [1.165, 1.54) is 12.5 Å². The average Bonchev–Trinajstić information content (AvgIpc) is 1.96.